The van der Waals surface area contributed by atoms with Gasteiger partial charge >= 0.3 is 5.97 Å². The van der Waals surface area contributed by atoms with E-state index in [4.69, 9.17) is 5.11 Å². The van der Waals surface area contributed by atoms with Crippen LogP contribution in [0.25, 0.3) is 32.8 Å². The summed E-state index contributed by atoms with van der Waals surface area (Å²) in [5, 5.41) is 15.6. The molecule has 0 unspecified atom stereocenters. The Bertz CT molecular complexity index is 1810. The van der Waals surface area contributed by atoms with Crippen LogP contribution in [-0.4, -0.2) is 21.6 Å². The third kappa shape index (κ3) is 4.90. The van der Waals surface area contributed by atoms with Gasteiger partial charge in [-0.25, -0.2) is 4.79 Å². The van der Waals surface area contributed by atoms with Gasteiger partial charge in [0, 0.05) is 24.7 Å². The summed E-state index contributed by atoms with van der Waals surface area (Å²) in [4.78, 5) is 24.9. The van der Waals surface area contributed by atoms with Crippen LogP contribution in [-0.2, 0) is 13.1 Å². The Kier molecular flexibility index (Phi) is 6.39. The third-order valence-corrected chi connectivity index (χ3v) is 7.09. The van der Waals surface area contributed by atoms with Crippen molar-refractivity contribution in [2.24, 2.45) is 0 Å². The zero-order chi connectivity index (χ0) is 26.8. The molecule has 1 aromatic heterocycles. The van der Waals surface area contributed by atoms with Gasteiger partial charge in [0.15, 0.2) is 0 Å². The highest BCUT2D eigenvalue weighted by Crippen LogP contribution is 2.30. The number of aromatic nitrogens is 1. The quantitative estimate of drug-likeness (QED) is 0.240. The molecule has 6 rings (SSSR count). The number of amides is 1. The van der Waals surface area contributed by atoms with E-state index in [2.05, 4.69) is 52.3 Å². The van der Waals surface area contributed by atoms with Crippen LogP contribution < -0.4 is 5.32 Å². The predicted molar refractivity (Wildman–Crippen MR) is 155 cm³/mol. The summed E-state index contributed by atoms with van der Waals surface area (Å²) in [5.74, 6) is -1.16. The summed E-state index contributed by atoms with van der Waals surface area (Å²) in [5.41, 5.74) is 5.72. The minimum Gasteiger partial charge on any atom is -0.478 e. The molecule has 2 N–H and O–H groups in total. The number of aromatic carboxylic acids is 1. The lowest BCUT2D eigenvalue weighted by molar-refractivity contribution is 0.0696. The summed E-state index contributed by atoms with van der Waals surface area (Å²) >= 11 is 0. The fraction of sp³-hybridized carbons (Fsp3) is 0.0588. The summed E-state index contributed by atoms with van der Waals surface area (Å²) in [6, 6.07) is 37.4. The van der Waals surface area contributed by atoms with Gasteiger partial charge < -0.3 is 15.0 Å². The lowest BCUT2D eigenvalue weighted by Crippen LogP contribution is -2.23. The monoisotopic (exact) mass is 510 g/mol. The Balaban J connectivity index is 1.39. The maximum absolute atomic E-state index is 13.7. The molecule has 0 saturated carbocycles. The first-order valence-electron chi connectivity index (χ1n) is 12.8. The molecule has 5 aromatic carbocycles. The first-order chi connectivity index (χ1) is 19.1. The van der Waals surface area contributed by atoms with Gasteiger partial charge in [0.1, 0.15) is 0 Å². The SMILES string of the molecule is O=C(O)c1ccc(CNC(=O)c2cc(-c3ccccc3)cc3ccn(Cc4cccc5ccccc45)c23)cc1. The topological polar surface area (TPSA) is 71.3 Å². The molecule has 0 radical (unpaired) electrons. The molecule has 5 nitrogen and oxygen atoms in total. The van der Waals surface area contributed by atoms with Crippen molar-refractivity contribution in [1.82, 2.24) is 9.88 Å². The Hall–Kier alpha value is -5.16. The Labute approximate surface area is 226 Å². The molecule has 190 valence electrons. The van der Waals surface area contributed by atoms with E-state index < -0.39 is 5.97 Å². The van der Waals surface area contributed by atoms with Crippen LogP contribution in [0.2, 0.25) is 0 Å². The van der Waals surface area contributed by atoms with E-state index >= 15 is 0 Å². The van der Waals surface area contributed by atoms with Crippen LogP contribution in [0.15, 0.2) is 121 Å². The van der Waals surface area contributed by atoms with Gasteiger partial charge in [-0.1, -0.05) is 84.9 Å². The Morgan fingerprint density at radius 3 is 2.26 bits per heavy atom. The average Bonchev–Trinajstić information content (AvgIpc) is 3.39. The van der Waals surface area contributed by atoms with Crippen molar-refractivity contribution in [1.29, 1.82) is 0 Å². The number of fused-ring (bicyclic) bond motifs is 2. The van der Waals surface area contributed by atoms with Gasteiger partial charge in [-0.05, 0) is 63.4 Å². The molecule has 0 atom stereocenters. The predicted octanol–water partition coefficient (Wildman–Crippen LogP) is 7.14. The lowest BCUT2D eigenvalue weighted by atomic mass is 9.99. The van der Waals surface area contributed by atoms with E-state index in [1.807, 2.05) is 54.7 Å². The van der Waals surface area contributed by atoms with Gasteiger partial charge in [-0.3, -0.25) is 4.79 Å². The Morgan fingerprint density at radius 1 is 0.718 bits per heavy atom. The zero-order valence-electron chi connectivity index (χ0n) is 21.2. The summed E-state index contributed by atoms with van der Waals surface area (Å²) < 4.78 is 2.14. The highest BCUT2D eigenvalue weighted by atomic mass is 16.4. The van der Waals surface area contributed by atoms with E-state index in [0.717, 1.165) is 27.6 Å². The first kappa shape index (κ1) is 24.2. The fourth-order valence-corrected chi connectivity index (χ4v) is 5.11. The number of benzene rings is 5. The molecule has 1 amide bonds. The number of hydrogen-bond donors (Lipinski definition) is 2. The van der Waals surface area contributed by atoms with Crippen molar-refractivity contribution in [3.05, 3.63) is 144 Å². The largest absolute Gasteiger partial charge is 0.478 e. The molecule has 0 bridgehead atoms. The van der Waals surface area contributed by atoms with Crippen LogP contribution in [0, 0.1) is 0 Å². The average molecular weight is 511 g/mol. The van der Waals surface area contributed by atoms with Crippen LogP contribution in [0.5, 0.6) is 0 Å². The molecule has 6 aromatic rings. The molecule has 0 spiro atoms. The third-order valence-electron chi connectivity index (χ3n) is 7.09. The zero-order valence-corrected chi connectivity index (χ0v) is 21.2. The van der Waals surface area contributed by atoms with Crippen molar-refractivity contribution in [2.75, 3.05) is 0 Å². The lowest BCUT2D eigenvalue weighted by Gasteiger charge is -2.14. The molecule has 5 heteroatoms. The maximum atomic E-state index is 13.7. The summed E-state index contributed by atoms with van der Waals surface area (Å²) in [6.07, 6.45) is 2.04. The molecule has 1 heterocycles. The molecule has 0 saturated heterocycles. The molecular weight excluding hydrogens is 484 g/mol. The maximum Gasteiger partial charge on any atom is 0.335 e. The number of carbonyl (C=O) groups is 2. The number of nitrogens with one attached hydrogen (secondary N) is 1. The van der Waals surface area contributed by atoms with Crippen LogP contribution >= 0.6 is 0 Å². The normalized spacial score (nSPS) is 11.1. The molecule has 0 aliphatic carbocycles. The highest BCUT2D eigenvalue weighted by molar-refractivity contribution is 6.08. The van der Waals surface area contributed by atoms with Crippen molar-refractivity contribution < 1.29 is 14.7 Å². The van der Waals surface area contributed by atoms with Crippen LogP contribution in [0.3, 0.4) is 0 Å². The van der Waals surface area contributed by atoms with Crippen molar-refractivity contribution >= 4 is 33.6 Å². The second-order valence-electron chi connectivity index (χ2n) is 9.59. The molecular formula is C34H26N2O3. The van der Waals surface area contributed by atoms with Gasteiger partial charge in [-0.2, -0.15) is 0 Å². The summed E-state index contributed by atoms with van der Waals surface area (Å²) in [6.45, 7) is 0.923. The molecule has 0 aliphatic heterocycles. The number of carboxylic acids is 1. The molecule has 39 heavy (non-hydrogen) atoms. The van der Waals surface area contributed by atoms with E-state index in [9.17, 15) is 9.59 Å². The van der Waals surface area contributed by atoms with Gasteiger partial charge in [0.05, 0.1) is 16.6 Å². The van der Waals surface area contributed by atoms with Gasteiger partial charge in [0.25, 0.3) is 5.91 Å². The molecule has 0 aliphatic rings. The van der Waals surface area contributed by atoms with Crippen molar-refractivity contribution in [3.8, 4) is 11.1 Å². The smallest absolute Gasteiger partial charge is 0.335 e. The second-order valence-corrected chi connectivity index (χ2v) is 9.59. The van der Waals surface area contributed by atoms with E-state index in [-0.39, 0.29) is 11.5 Å². The van der Waals surface area contributed by atoms with Crippen LogP contribution in [0.1, 0.15) is 31.8 Å². The van der Waals surface area contributed by atoms with Crippen molar-refractivity contribution in [2.45, 2.75) is 13.1 Å². The number of carboxylic acid groups (broad SMARTS) is 1. The second kappa shape index (κ2) is 10.3. The van der Waals surface area contributed by atoms with Gasteiger partial charge in [-0.15, -0.1) is 0 Å². The summed E-state index contributed by atoms with van der Waals surface area (Å²) in [7, 11) is 0. The first-order valence-corrected chi connectivity index (χ1v) is 12.8. The minimum absolute atomic E-state index is 0.182. The minimum atomic E-state index is -0.974. The van der Waals surface area contributed by atoms with E-state index in [0.29, 0.717) is 18.7 Å². The number of nitrogens with zero attached hydrogens (tertiary/aromatic N) is 1. The fourth-order valence-electron chi connectivity index (χ4n) is 5.11. The Morgan fingerprint density at radius 2 is 1.46 bits per heavy atom. The number of hydrogen-bond acceptors (Lipinski definition) is 2. The van der Waals surface area contributed by atoms with E-state index in [1.54, 1.807) is 24.3 Å². The number of rotatable bonds is 7. The number of carbonyl (C=O) groups excluding carboxylic acids is 1. The highest BCUT2D eigenvalue weighted by Gasteiger charge is 2.17. The molecule has 0 fully saturated rings. The standard InChI is InChI=1S/C34H26N2O3/c37-33(35-21-23-13-15-26(16-14-23)34(38)39)31-20-29(24-7-2-1-3-8-24)19-27-17-18-36(32(27)31)22-28-11-6-10-25-9-4-5-12-30(25)28/h1-20H,21-22H2,(H,35,37)(H,38,39). The van der Waals surface area contributed by atoms with E-state index in [1.165, 1.54) is 16.3 Å². The van der Waals surface area contributed by atoms with Crippen LogP contribution in [0.4, 0.5) is 0 Å². The van der Waals surface area contributed by atoms with Crippen molar-refractivity contribution in [3.63, 3.8) is 0 Å². The van der Waals surface area contributed by atoms with Gasteiger partial charge in [0.2, 0.25) is 0 Å².